The predicted molar refractivity (Wildman–Crippen MR) is 392 cm³/mol. The third kappa shape index (κ3) is 41.5. The fourth-order valence-corrected chi connectivity index (χ4v) is 10.5. The van der Waals surface area contributed by atoms with E-state index in [2.05, 4.69) is 63.8 Å². The molecule has 1 rings (SSSR count). The predicted octanol–water partition coefficient (Wildman–Crippen LogP) is -11.0. The molecule has 47 nitrogen and oxygen atoms in total. The molecule has 0 aliphatic rings. The molecule has 0 bridgehead atoms. The Balaban J connectivity index is 3.58. The van der Waals surface area contributed by atoms with Crippen LogP contribution in [0, 0.1) is 11.3 Å². The Morgan fingerprint density at radius 3 is 1.16 bits per heavy atom. The number of carbonyl (C=O) groups is 20. The van der Waals surface area contributed by atoms with Gasteiger partial charge in [-0.2, -0.15) is 11.8 Å². The lowest BCUT2D eigenvalue weighted by atomic mass is 10.0. The number of aliphatic hydroxyl groups excluding tert-OH is 2. The van der Waals surface area contributed by atoms with Gasteiger partial charge in [-0.3, -0.25) is 96.5 Å². The highest BCUT2D eigenvalue weighted by Gasteiger charge is 2.37. The van der Waals surface area contributed by atoms with Crippen molar-refractivity contribution in [1.82, 2.24) is 74.4 Å². The summed E-state index contributed by atoms with van der Waals surface area (Å²) < 4.78 is 0. The summed E-state index contributed by atoms with van der Waals surface area (Å²) in [7, 11) is 0. The van der Waals surface area contributed by atoms with Gasteiger partial charge < -0.3 is 139 Å². The van der Waals surface area contributed by atoms with Crippen LogP contribution < -0.4 is 103 Å². The molecular weight excluding hydrogens is 1520 g/mol. The van der Waals surface area contributed by atoms with Crippen LogP contribution in [0.5, 0.6) is 5.75 Å². The standard InChI is InChI=1S/C65H102N20O27S/c1-30(2)23-41(82-58(105)37(14-19-51(96)97)76-48(92)26-73-54(101)35(13-18-50(94)95)77-53(100)33(66)28-86)61(108)78-34(5-4-21-72-65(70)71)56(103)79-39(12-17-47(69)91)60(107)85-44(29-87)63(110)84-43(25-52(98)99)55(102)74-27-49(93)75-36(10-15-45(67)89)57(104)83-42(24-31-6-8-32(88)9-7-31)62(109)80-38(11-16-46(68)90)59(106)81-40(64(111)112)20-22-113-3/h6-9,30,33-44,86-88H,4-5,10-29,66H2,1-3H3,(H2,67,89)(H2,68,90)(H2,69,91)(H,73,101)(H,74,102)(H,75,93)(H,76,92)(H,77,100)(H,78,108)(H,79,103)(H,80,109)(H,81,106)(H,82,105)(H,83,104)(H,84,110)(H,85,107)(H,94,95)(H,96,97)(H,98,99)(H,111,112)(H4,70,71,72)/t33-,34-,35-,36-,37-,38-,39-,40-,41-,42-,43-,44-/m0/s1. The van der Waals surface area contributed by atoms with E-state index in [1.807, 2.05) is 10.6 Å². The first kappa shape index (κ1) is 98.9. The fraction of sp³-hybridized carbons (Fsp3) is 0.585. The number of amides is 16. The Morgan fingerprint density at radius 1 is 0.407 bits per heavy atom. The average molecular weight is 1630 g/mol. The van der Waals surface area contributed by atoms with Crippen molar-refractivity contribution in [2.75, 3.05) is 44.9 Å². The molecule has 0 aliphatic carbocycles. The number of rotatable bonds is 57. The average Bonchev–Trinajstić information content (AvgIpc) is 0.854. The fourth-order valence-electron chi connectivity index (χ4n) is 10.0. The molecule has 0 saturated carbocycles. The smallest absolute Gasteiger partial charge is 0.326 e. The number of phenols is 1. The van der Waals surface area contributed by atoms with Gasteiger partial charge in [0.05, 0.1) is 32.7 Å². The summed E-state index contributed by atoms with van der Waals surface area (Å²) in [4.78, 5) is 261. The van der Waals surface area contributed by atoms with E-state index in [0.29, 0.717) is 0 Å². The molecule has 0 spiro atoms. The Morgan fingerprint density at radius 2 is 0.761 bits per heavy atom. The van der Waals surface area contributed by atoms with Crippen LogP contribution in [0.2, 0.25) is 0 Å². The zero-order valence-corrected chi connectivity index (χ0v) is 62.8. The number of aromatic hydroxyl groups is 1. The van der Waals surface area contributed by atoms with Gasteiger partial charge >= 0.3 is 23.9 Å². The maximum atomic E-state index is 14.3. The second-order valence-electron chi connectivity index (χ2n) is 25.8. The number of hydrogen-bond donors (Lipinski definition) is 27. The minimum atomic E-state index is -2.17. The highest BCUT2D eigenvalue weighted by atomic mass is 32.2. The van der Waals surface area contributed by atoms with Gasteiger partial charge in [0.25, 0.3) is 0 Å². The summed E-state index contributed by atoms with van der Waals surface area (Å²) in [5.74, 6) is -25.7. The maximum Gasteiger partial charge on any atom is 0.326 e. The molecule has 0 unspecified atom stereocenters. The van der Waals surface area contributed by atoms with Gasteiger partial charge in [-0.1, -0.05) is 26.0 Å². The molecule has 0 heterocycles. The van der Waals surface area contributed by atoms with E-state index in [-0.39, 0.29) is 49.3 Å². The lowest BCUT2D eigenvalue weighted by Gasteiger charge is -2.28. The minimum absolute atomic E-state index is 0.0551. The van der Waals surface area contributed by atoms with E-state index in [9.17, 15) is 127 Å². The molecule has 0 aliphatic heterocycles. The first-order valence-electron chi connectivity index (χ1n) is 34.9. The summed E-state index contributed by atoms with van der Waals surface area (Å²) in [6.07, 6.45) is -6.90. The van der Waals surface area contributed by atoms with Gasteiger partial charge in [0, 0.05) is 45.1 Å². The number of carboxylic acids is 4. The first-order chi connectivity index (χ1) is 53.0. The second kappa shape index (κ2) is 52.2. The molecule has 0 fully saturated rings. The van der Waals surface area contributed by atoms with E-state index >= 15 is 0 Å². The summed E-state index contributed by atoms with van der Waals surface area (Å²) in [5, 5.41) is 107. The topological polar surface area (TPSA) is 805 Å². The van der Waals surface area contributed by atoms with Gasteiger partial charge in [0.15, 0.2) is 5.96 Å². The normalized spacial score (nSPS) is 14.0. The van der Waals surface area contributed by atoms with Gasteiger partial charge in [0.2, 0.25) is 94.5 Å². The number of aliphatic carboxylic acids is 4. The zero-order valence-electron chi connectivity index (χ0n) is 62.0. The second-order valence-corrected chi connectivity index (χ2v) is 26.8. The number of benzene rings is 1. The van der Waals surface area contributed by atoms with Crippen LogP contribution >= 0.6 is 11.8 Å². The molecular formula is C65H102N20O27S. The van der Waals surface area contributed by atoms with E-state index in [4.69, 9.17) is 39.2 Å². The number of primary amides is 3. The van der Waals surface area contributed by atoms with Gasteiger partial charge in [-0.25, -0.2) is 4.79 Å². The summed E-state index contributed by atoms with van der Waals surface area (Å²) in [5.41, 5.74) is 27.2. The number of hydrogen-bond acceptors (Lipinski definition) is 26. The first-order valence-corrected chi connectivity index (χ1v) is 36.3. The van der Waals surface area contributed by atoms with Crippen molar-refractivity contribution < 1.29 is 132 Å². The Kier molecular flexibility index (Phi) is 45.7. The lowest BCUT2D eigenvalue weighted by molar-refractivity contribution is -0.142. The number of thioether (sulfide) groups is 1. The summed E-state index contributed by atoms with van der Waals surface area (Å²) in [6.45, 7) is -1.25. The number of nitrogens with one attached hydrogen (secondary N) is 15. The molecule has 12 atom stereocenters. The molecule has 1 aromatic carbocycles. The highest BCUT2D eigenvalue weighted by molar-refractivity contribution is 7.98. The van der Waals surface area contributed by atoms with Crippen LogP contribution in [-0.2, 0) is 102 Å². The van der Waals surface area contributed by atoms with Crippen molar-refractivity contribution in [3.63, 3.8) is 0 Å². The van der Waals surface area contributed by atoms with E-state index in [1.165, 1.54) is 36.0 Å². The molecule has 16 amide bonds. The number of carbonyl (C=O) groups excluding carboxylic acids is 16. The molecule has 48 heteroatoms. The SMILES string of the molecule is CSCC[C@H](NC(=O)[C@H](CCC(N)=O)NC(=O)[C@H](Cc1ccc(O)cc1)NC(=O)[C@H](CCC(N)=O)NC(=O)CNC(=O)[C@H](CC(=O)O)NC(=O)[C@H](CO)NC(=O)[C@H](CCC(N)=O)NC(=O)[C@H](CCCNC(=N)N)NC(=O)[C@H](CC(C)C)NC(=O)[C@H](CCC(=O)O)NC(=O)CNC(=O)[C@H](CCC(=O)O)NC(=O)[C@@H](N)CO)C(=O)O. The van der Waals surface area contributed by atoms with Crippen LogP contribution in [-0.4, -0.2) is 277 Å². The molecule has 1 aromatic rings. The number of nitrogens with two attached hydrogens (primary N) is 5. The molecule has 0 saturated heterocycles. The highest BCUT2D eigenvalue weighted by Crippen LogP contribution is 2.15. The van der Waals surface area contributed by atoms with E-state index in [0.717, 1.165) is 0 Å². The zero-order chi connectivity index (χ0) is 85.8. The third-order valence-corrected chi connectivity index (χ3v) is 16.6. The van der Waals surface area contributed by atoms with Crippen molar-refractivity contribution in [3.8, 4) is 5.75 Å². The van der Waals surface area contributed by atoms with Gasteiger partial charge in [0.1, 0.15) is 78.3 Å². The molecule has 630 valence electrons. The quantitative estimate of drug-likeness (QED) is 0.0164. The Hall–Kier alpha value is -12.1. The van der Waals surface area contributed by atoms with E-state index in [1.54, 1.807) is 20.1 Å². The van der Waals surface area contributed by atoms with Crippen LogP contribution in [0.1, 0.15) is 116 Å². The molecule has 113 heavy (non-hydrogen) atoms. The summed E-state index contributed by atoms with van der Waals surface area (Å²) in [6, 6.07) is -16.0. The van der Waals surface area contributed by atoms with Crippen LogP contribution in [0.25, 0.3) is 0 Å². The number of aliphatic hydroxyl groups is 2. The summed E-state index contributed by atoms with van der Waals surface area (Å²) >= 11 is 1.27. The van der Waals surface area contributed by atoms with Crippen LogP contribution in [0.15, 0.2) is 24.3 Å². The van der Waals surface area contributed by atoms with Crippen LogP contribution in [0.4, 0.5) is 0 Å². The lowest BCUT2D eigenvalue weighted by Crippen LogP contribution is -2.60. The largest absolute Gasteiger partial charge is 0.508 e. The van der Waals surface area contributed by atoms with Gasteiger partial charge in [-0.15, -0.1) is 0 Å². The molecule has 32 N–H and O–H groups in total. The Labute approximate surface area is 649 Å². The number of guanidine groups is 1. The molecule has 0 radical (unpaired) electrons. The van der Waals surface area contributed by atoms with E-state index < -0.39 is 306 Å². The van der Waals surface area contributed by atoms with Crippen LogP contribution in [0.3, 0.4) is 0 Å². The third-order valence-electron chi connectivity index (χ3n) is 15.9. The van der Waals surface area contributed by atoms with Gasteiger partial charge in [-0.05, 0) is 93.4 Å². The Bertz CT molecular complexity index is 3540. The van der Waals surface area contributed by atoms with Crippen molar-refractivity contribution in [1.29, 1.82) is 5.41 Å². The van der Waals surface area contributed by atoms with Crippen molar-refractivity contribution in [2.24, 2.45) is 34.6 Å². The maximum absolute atomic E-state index is 14.3. The molecule has 0 aromatic heterocycles. The minimum Gasteiger partial charge on any atom is -0.508 e. The monoisotopic (exact) mass is 1630 g/mol. The van der Waals surface area contributed by atoms with Crippen molar-refractivity contribution >= 4 is 136 Å². The number of carboxylic acid groups (broad SMARTS) is 4. The number of phenolic OH excluding ortho intramolecular Hbond substituents is 1. The van der Waals surface area contributed by atoms with Crippen molar-refractivity contribution in [3.05, 3.63) is 29.8 Å². The van der Waals surface area contributed by atoms with Crippen molar-refractivity contribution in [2.45, 2.75) is 189 Å².